The van der Waals surface area contributed by atoms with Crippen molar-refractivity contribution in [1.29, 1.82) is 0 Å². The molecule has 2 heterocycles. The molecule has 0 saturated heterocycles. The van der Waals surface area contributed by atoms with Crippen molar-refractivity contribution >= 4 is 0 Å². The Morgan fingerprint density at radius 2 is 1.62 bits per heavy atom. The molecule has 1 N–H and O–H groups in total. The normalized spacial score (nSPS) is 26.0. The third-order valence-electron chi connectivity index (χ3n) is 5.18. The number of benzene rings is 2. The summed E-state index contributed by atoms with van der Waals surface area (Å²) in [5.41, 5.74) is 5.70. The number of phenols is 1. The van der Waals surface area contributed by atoms with Crippen LogP contribution in [-0.4, -0.2) is 29.7 Å². The summed E-state index contributed by atoms with van der Waals surface area (Å²) in [5, 5.41) is 9.74. The minimum absolute atomic E-state index is 0. The van der Waals surface area contributed by atoms with Gasteiger partial charge in [0.25, 0.3) is 0 Å². The fraction of sp³-hybridized carbons (Fsp3) is 0.333. The van der Waals surface area contributed by atoms with E-state index in [0.29, 0.717) is 11.8 Å². The summed E-state index contributed by atoms with van der Waals surface area (Å²) in [6, 6.07) is 15.2. The minimum atomic E-state index is 0. The second kappa shape index (κ2) is 5.15. The topological polar surface area (TPSA) is 20.2 Å². The van der Waals surface area contributed by atoms with Crippen molar-refractivity contribution < 1.29 is 26.6 Å². The van der Waals surface area contributed by atoms with E-state index in [4.69, 9.17) is 0 Å². The Morgan fingerprint density at radius 3 is 2.43 bits per heavy atom. The Bertz CT molecular complexity index is 685. The molecule has 2 atom stereocenters. The predicted octanol–water partition coefficient (Wildman–Crippen LogP) is 0.0444. The minimum Gasteiger partial charge on any atom is -1.00 e. The van der Waals surface area contributed by atoms with E-state index >= 15 is 0 Å². The van der Waals surface area contributed by atoms with Crippen molar-refractivity contribution in [3.63, 3.8) is 0 Å². The van der Waals surface area contributed by atoms with Gasteiger partial charge < -0.3 is 26.6 Å². The van der Waals surface area contributed by atoms with E-state index in [0.717, 1.165) is 17.4 Å². The average molecular weight is 346 g/mol. The predicted molar refractivity (Wildman–Crippen MR) is 79.7 cm³/mol. The molecule has 0 bridgehead atoms. The first-order valence-electron chi connectivity index (χ1n) is 7.41. The number of hydrogen-bond donors (Lipinski definition) is 1. The summed E-state index contributed by atoms with van der Waals surface area (Å²) in [6.45, 7) is 2.37. The summed E-state index contributed by atoms with van der Waals surface area (Å²) in [7, 11) is 2.39. The zero-order valence-electron chi connectivity index (χ0n) is 12.2. The highest BCUT2D eigenvalue weighted by Gasteiger charge is 2.43. The van der Waals surface area contributed by atoms with Crippen LogP contribution in [0.3, 0.4) is 0 Å². The molecule has 0 spiro atoms. The van der Waals surface area contributed by atoms with Crippen LogP contribution in [0.1, 0.15) is 28.3 Å². The Hall–Kier alpha value is -1.32. The number of likely N-dealkylation sites (N-methyl/N-ethyl adjacent to an activating group) is 1. The lowest BCUT2D eigenvalue weighted by atomic mass is 9.81. The molecule has 0 amide bonds. The van der Waals surface area contributed by atoms with Gasteiger partial charge in [-0.15, -0.1) is 0 Å². The second-order valence-corrected chi connectivity index (χ2v) is 6.41. The van der Waals surface area contributed by atoms with Crippen LogP contribution >= 0.6 is 0 Å². The number of hydrogen-bond acceptors (Lipinski definition) is 1. The summed E-state index contributed by atoms with van der Waals surface area (Å²) in [6.07, 6.45) is 2.25. The standard InChI is InChI=1S/C18H19NO.BrH/c1-19-10-8-13-4-2-3-5-16(13)18(19)17-7-6-15(20)12-14(17)9-11-19;/h2-7,12,18H,8-11H2,1H3;1H. The first-order chi connectivity index (χ1) is 9.67. The van der Waals surface area contributed by atoms with E-state index in [1.165, 1.54) is 35.2 Å². The van der Waals surface area contributed by atoms with Gasteiger partial charge in [-0.2, -0.15) is 0 Å². The molecule has 21 heavy (non-hydrogen) atoms. The van der Waals surface area contributed by atoms with Gasteiger partial charge in [0.05, 0.1) is 20.1 Å². The van der Waals surface area contributed by atoms with Gasteiger partial charge in [0.15, 0.2) is 0 Å². The van der Waals surface area contributed by atoms with Gasteiger partial charge in [0, 0.05) is 24.0 Å². The monoisotopic (exact) mass is 345 g/mol. The largest absolute Gasteiger partial charge is 1.00 e. The van der Waals surface area contributed by atoms with Gasteiger partial charge in [-0.1, -0.05) is 24.3 Å². The average Bonchev–Trinajstić information content (AvgIpc) is 2.46. The summed E-state index contributed by atoms with van der Waals surface area (Å²) < 4.78 is 1.11. The molecular weight excluding hydrogens is 326 g/mol. The molecule has 0 radical (unpaired) electrons. The summed E-state index contributed by atoms with van der Waals surface area (Å²) >= 11 is 0. The van der Waals surface area contributed by atoms with E-state index in [9.17, 15) is 5.11 Å². The Balaban J connectivity index is 0.00000132. The fourth-order valence-electron chi connectivity index (χ4n) is 4.06. The SMILES string of the molecule is C[N+]12CCc3ccccc3C1c1ccc(O)cc1CC2.[Br-]. The van der Waals surface area contributed by atoms with Crippen molar-refractivity contribution in [3.05, 3.63) is 64.7 Å². The number of aromatic hydroxyl groups is 1. The first-order valence-corrected chi connectivity index (χ1v) is 7.41. The van der Waals surface area contributed by atoms with Gasteiger partial charge in [-0.25, -0.2) is 0 Å². The zero-order valence-corrected chi connectivity index (χ0v) is 13.8. The van der Waals surface area contributed by atoms with Crippen LogP contribution in [0, 0.1) is 0 Å². The van der Waals surface area contributed by atoms with Crippen LogP contribution < -0.4 is 17.0 Å². The molecule has 2 aliphatic rings. The van der Waals surface area contributed by atoms with Crippen molar-refractivity contribution in [3.8, 4) is 5.75 Å². The van der Waals surface area contributed by atoms with Gasteiger partial charge in [0.1, 0.15) is 11.8 Å². The lowest BCUT2D eigenvalue weighted by molar-refractivity contribution is -0.937. The third-order valence-corrected chi connectivity index (χ3v) is 5.18. The van der Waals surface area contributed by atoms with Crippen molar-refractivity contribution in [2.75, 3.05) is 20.1 Å². The van der Waals surface area contributed by atoms with Crippen LogP contribution in [-0.2, 0) is 12.8 Å². The maximum Gasteiger partial charge on any atom is 0.141 e. The molecule has 3 heteroatoms. The van der Waals surface area contributed by atoms with E-state index in [-0.39, 0.29) is 17.0 Å². The van der Waals surface area contributed by atoms with Gasteiger partial charge in [-0.3, -0.25) is 0 Å². The van der Waals surface area contributed by atoms with E-state index in [1.54, 1.807) is 0 Å². The lowest BCUT2D eigenvalue weighted by Gasteiger charge is -2.49. The molecular formula is C18H20BrNO. The number of rotatable bonds is 0. The van der Waals surface area contributed by atoms with E-state index in [2.05, 4.69) is 37.4 Å². The van der Waals surface area contributed by atoms with Gasteiger partial charge >= 0.3 is 0 Å². The number of fused-ring (bicyclic) bond motifs is 5. The molecule has 0 aromatic heterocycles. The highest BCUT2D eigenvalue weighted by Crippen LogP contribution is 2.44. The molecule has 0 fully saturated rings. The molecule has 4 rings (SSSR count). The quantitative estimate of drug-likeness (QED) is 0.669. The Morgan fingerprint density at radius 1 is 0.952 bits per heavy atom. The third kappa shape index (κ3) is 2.19. The first kappa shape index (κ1) is 14.6. The second-order valence-electron chi connectivity index (χ2n) is 6.41. The van der Waals surface area contributed by atoms with Crippen LogP contribution in [0.15, 0.2) is 42.5 Å². The summed E-state index contributed by atoms with van der Waals surface area (Å²) in [5.74, 6) is 0.393. The number of halogens is 1. The maximum absolute atomic E-state index is 9.74. The summed E-state index contributed by atoms with van der Waals surface area (Å²) in [4.78, 5) is 0. The molecule has 2 nitrogen and oxygen atoms in total. The highest BCUT2D eigenvalue weighted by molar-refractivity contribution is 5.44. The van der Waals surface area contributed by atoms with E-state index < -0.39 is 0 Å². The maximum atomic E-state index is 9.74. The Kier molecular flexibility index (Phi) is 3.58. The number of phenolic OH excluding ortho intramolecular Hbond substituents is 1. The Labute approximate surface area is 136 Å². The van der Waals surface area contributed by atoms with Gasteiger partial charge in [0.2, 0.25) is 0 Å². The molecule has 2 unspecified atom stereocenters. The zero-order chi connectivity index (χ0) is 13.7. The van der Waals surface area contributed by atoms with E-state index in [1.807, 2.05) is 12.1 Å². The lowest BCUT2D eigenvalue weighted by Crippen LogP contribution is -3.00. The van der Waals surface area contributed by atoms with Crippen molar-refractivity contribution in [1.82, 2.24) is 0 Å². The molecule has 110 valence electrons. The van der Waals surface area contributed by atoms with Crippen LogP contribution in [0.5, 0.6) is 5.75 Å². The smallest absolute Gasteiger partial charge is 0.141 e. The molecule has 0 saturated carbocycles. The number of nitrogens with zero attached hydrogens (tertiary/aromatic N) is 1. The van der Waals surface area contributed by atoms with Crippen LogP contribution in [0.4, 0.5) is 0 Å². The van der Waals surface area contributed by atoms with Crippen molar-refractivity contribution in [2.24, 2.45) is 0 Å². The van der Waals surface area contributed by atoms with Crippen LogP contribution in [0.2, 0.25) is 0 Å². The molecule has 2 aromatic rings. The van der Waals surface area contributed by atoms with Crippen LogP contribution in [0.25, 0.3) is 0 Å². The molecule has 2 aliphatic heterocycles. The van der Waals surface area contributed by atoms with Gasteiger partial charge in [-0.05, 0) is 29.3 Å². The van der Waals surface area contributed by atoms with Crippen molar-refractivity contribution in [2.45, 2.75) is 18.9 Å². The molecule has 2 aromatic carbocycles. The highest BCUT2D eigenvalue weighted by atomic mass is 79.9. The molecule has 0 aliphatic carbocycles. The number of quaternary nitrogens is 1. The fourth-order valence-corrected chi connectivity index (χ4v) is 4.06.